The maximum atomic E-state index is 11.7. The van der Waals surface area contributed by atoms with Gasteiger partial charge in [-0.2, -0.15) is 0 Å². The van der Waals surface area contributed by atoms with E-state index in [9.17, 15) is 4.79 Å². The third-order valence-corrected chi connectivity index (χ3v) is 2.64. The highest BCUT2D eigenvalue weighted by atomic mass is 16.5. The lowest BCUT2D eigenvalue weighted by Crippen LogP contribution is -2.39. The summed E-state index contributed by atoms with van der Waals surface area (Å²) >= 11 is 0. The number of rotatable bonds is 5. The first-order valence-electron chi connectivity index (χ1n) is 5.85. The summed E-state index contributed by atoms with van der Waals surface area (Å²) in [7, 11) is 1.51. The lowest BCUT2D eigenvalue weighted by Gasteiger charge is -2.11. The standard InChI is InChI=1S/C13H16N4O2/c1-19-7-11(14)13(18)17-10-4-2-9(3-5-10)12-6-15-8-16-12/h2-6,8,11H,7,14H2,1H3,(H,15,16)(H,17,18). The molecule has 1 amide bonds. The number of amides is 1. The summed E-state index contributed by atoms with van der Waals surface area (Å²) in [5.74, 6) is -0.267. The molecule has 100 valence electrons. The Morgan fingerprint density at radius 3 is 2.79 bits per heavy atom. The second kappa shape index (κ2) is 6.12. The van der Waals surface area contributed by atoms with Crippen molar-refractivity contribution >= 4 is 11.6 Å². The predicted octanol–water partition coefficient (Wildman–Crippen LogP) is 0.989. The normalized spacial score (nSPS) is 12.1. The van der Waals surface area contributed by atoms with E-state index in [2.05, 4.69) is 15.3 Å². The first-order valence-corrected chi connectivity index (χ1v) is 5.85. The van der Waals surface area contributed by atoms with Gasteiger partial charge < -0.3 is 20.8 Å². The monoisotopic (exact) mass is 260 g/mol. The van der Waals surface area contributed by atoms with Crippen LogP contribution in [-0.4, -0.2) is 35.6 Å². The number of methoxy groups -OCH3 is 1. The van der Waals surface area contributed by atoms with E-state index >= 15 is 0 Å². The van der Waals surface area contributed by atoms with Crippen LogP contribution in [0.4, 0.5) is 5.69 Å². The summed E-state index contributed by atoms with van der Waals surface area (Å²) in [6, 6.07) is 6.74. The van der Waals surface area contributed by atoms with E-state index in [1.54, 1.807) is 12.5 Å². The molecule has 1 aromatic carbocycles. The highest BCUT2D eigenvalue weighted by Crippen LogP contribution is 2.18. The molecule has 1 atom stereocenters. The van der Waals surface area contributed by atoms with Crippen LogP contribution in [0.2, 0.25) is 0 Å². The van der Waals surface area contributed by atoms with Crippen molar-refractivity contribution in [2.45, 2.75) is 6.04 Å². The van der Waals surface area contributed by atoms with Gasteiger partial charge in [0, 0.05) is 12.8 Å². The summed E-state index contributed by atoms with van der Waals surface area (Å²) in [6.45, 7) is 0.193. The number of nitrogens with two attached hydrogens (primary N) is 1. The van der Waals surface area contributed by atoms with Crippen molar-refractivity contribution in [2.24, 2.45) is 5.73 Å². The van der Waals surface area contributed by atoms with Gasteiger partial charge in [-0.15, -0.1) is 0 Å². The highest BCUT2D eigenvalue weighted by molar-refractivity contribution is 5.94. The number of carbonyl (C=O) groups is 1. The van der Waals surface area contributed by atoms with Gasteiger partial charge in [-0.05, 0) is 17.7 Å². The van der Waals surface area contributed by atoms with Gasteiger partial charge in [0.2, 0.25) is 5.91 Å². The number of hydrogen-bond acceptors (Lipinski definition) is 4. The van der Waals surface area contributed by atoms with Gasteiger partial charge in [-0.3, -0.25) is 4.79 Å². The van der Waals surface area contributed by atoms with Crippen molar-refractivity contribution in [1.29, 1.82) is 0 Å². The zero-order valence-electron chi connectivity index (χ0n) is 10.6. The summed E-state index contributed by atoms with van der Waals surface area (Å²) < 4.78 is 4.83. The van der Waals surface area contributed by atoms with Crippen LogP contribution in [0.5, 0.6) is 0 Å². The van der Waals surface area contributed by atoms with Crippen molar-refractivity contribution in [1.82, 2.24) is 9.97 Å². The molecule has 2 rings (SSSR count). The van der Waals surface area contributed by atoms with Crippen molar-refractivity contribution in [3.63, 3.8) is 0 Å². The van der Waals surface area contributed by atoms with E-state index in [1.807, 2.05) is 24.3 Å². The summed E-state index contributed by atoms with van der Waals surface area (Å²) in [5, 5.41) is 2.73. The van der Waals surface area contributed by atoms with E-state index in [-0.39, 0.29) is 12.5 Å². The molecule has 0 aliphatic heterocycles. The maximum absolute atomic E-state index is 11.7. The number of carbonyl (C=O) groups excluding carboxylic acids is 1. The van der Waals surface area contributed by atoms with Gasteiger partial charge in [0.25, 0.3) is 0 Å². The number of benzene rings is 1. The number of aromatic nitrogens is 2. The SMILES string of the molecule is COCC(N)C(=O)Nc1ccc(-c2cnc[nH]2)cc1. The number of anilines is 1. The van der Waals surface area contributed by atoms with Crippen LogP contribution < -0.4 is 11.1 Å². The maximum Gasteiger partial charge on any atom is 0.243 e. The molecule has 4 N–H and O–H groups in total. The van der Waals surface area contributed by atoms with Crippen LogP contribution in [0.15, 0.2) is 36.8 Å². The Kier molecular flexibility index (Phi) is 4.27. The minimum absolute atomic E-state index is 0.193. The number of aromatic amines is 1. The van der Waals surface area contributed by atoms with Crippen molar-refractivity contribution in [2.75, 3.05) is 19.0 Å². The summed E-state index contributed by atoms with van der Waals surface area (Å²) in [6.07, 6.45) is 3.36. The Morgan fingerprint density at radius 2 is 2.21 bits per heavy atom. The number of nitrogens with one attached hydrogen (secondary N) is 2. The van der Waals surface area contributed by atoms with Gasteiger partial charge in [-0.1, -0.05) is 12.1 Å². The Hall–Kier alpha value is -2.18. The number of hydrogen-bond donors (Lipinski definition) is 3. The minimum Gasteiger partial charge on any atom is -0.383 e. The van der Waals surface area contributed by atoms with Crippen LogP contribution in [-0.2, 0) is 9.53 Å². The van der Waals surface area contributed by atoms with Crippen LogP contribution in [0.3, 0.4) is 0 Å². The molecule has 0 fully saturated rings. The Labute approximate surface area is 111 Å². The minimum atomic E-state index is -0.669. The second-order valence-corrected chi connectivity index (χ2v) is 4.09. The van der Waals surface area contributed by atoms with Gasteiger partial charge in [-0.25, -0.2) is 4.98 Å². The molecule has 2 aromatic rings. The molecule has 0 aliphatic carbocycles. The van der Waals surface area contributed by atoms with Crippen LogP contribution in [0.25, 0.3) is 11.3 Å². The Balaban J connectivity index is 2.01. The van der Waals surface area contributed by atoms with Crippen LogP contribution >= 0.6 is 0 Å². The van der Waals surface area contributed by atoms with Crippen LogP contribution in [0, 0.1) is 0 Å². The molecule has 1 unspecified atom stereocenters. The second-order valence-electron chi connectivity index (χ2n) is 4.09. The fraction of sp³-hybridized carbons (Fsp3) is 0.231. The average molecular weight is 260 g/mol. The van der Waals surface area contributed by atoms with E-state index < -0.39 is 6.04 Å². The predicted molar refractivity (Wildman–Crippen MR) is 72.5 cm³/mol. The molecule has 19 heavy (non-hydrogen) atoms. The molecule has 6 nitrogen and oxygen atoms in total. The molecule has 6 heteroatoms. The molecule has 0 saturated carbocycles. The fourth-order valence-corrected chi connectivity index (χ4v) is 1.64. The Morgan fingerprint density at radius 1 is 1.47 bits per heavy atom. The largest absolute Gasteiger partial charge is 0.383 e. The van der Waals surface area contributed by atoms with E-state index in [1.165, 1.54) is 7.11 Å². The third kappa shape index (κ3) is 3.40. The molecule has 0 radical (unpaired) electrons. The summed E-state index contributed by atoms with van der Waals surface area (Å²) in [4.78, 5) is 18.7. The quantitative estimate of drug-likeness (QED) is 0.747. The number of ether oxygens (including phenoxy) is 1. The molecular formula is C13H16N4O2. The van der Waals surface area contributed by atoms with Crippen molar-refractivity contribution < 1.29 is 9.53 Å². The lowest BCUT2D eigenvalue weighted by molar-refractivity contribution is -0.118. The smallest absolute Gasteiger partial charge is 0.243 e. The van der Waals surface area contributed by atoms with Crippen molar-refractivity contribution in [3.05, 3.63) is 36.8 Å². The molecule has 0 saturated heterocycles. The first-order chi connectivity index (χ1) is 9.20. The summed E-state index contributed by atoms with van der Waals surface area (Å²) in [5.41, 5.74) is 8.25. The number of nitrogens with zero attached hydrogens (tertiary/aromatic N) is 1. The topological polar surface area (TPSA) is 93.0 Å². The first kappa shape index (κ1) is 13.3. The highest BCUT2D eigenvalue weighted by Gasteiger charge is 2.12. The third-order valence-electron chi connectivity index (χ3n) is 2.64. The molecule has 0 bridgehead atoms. The Bertz CT molecular complexity index is 522. The number of H-pyrrole nitrogens is 1. The van der Waals surface area contributed by atoms with E-state index in [0.29, 0.717) is 5.69 Å². The molecule has 0 aliphatic rings. The van der Waals surface area contributed by atoms with E-state index in [4.69, 9.17) is 10.5 Å². The average Bonchev–Trinajstić information content (AvgIpc) is 2.94. The van der Waals surface area contributed by atoms with Gasteiger partial charge in [0.15, 0.2) is 0 Å². The van der Waals surface area contributed by atoms with Crippen molar-refractivity contribution in [3.8, 4) is 11.3 Å². The molecular weight excluding hydrogens is 244 g/mol. The molecule has 1 aromatic heterocycles. The lowest BCUT2D eigenvalue weighted by atomic mass is 10.1. The van der Waals surface area contributed by atoms with Gasteiger partial charge in [0.1, 0.15) is 6.04 Å². The molecule has 1 heterocycles. The fourth-order valence-electron chi connectivity index (χ4n) is 1.64. The van der Waals surface area contributed by atoms with Gasteiger partial charge in [0.05, 0.1) is 24.8 Å². The van der Waals surface area contributed by atoms with Gasteiger partial charge >= 0.3 is 0 Å². The number of imidazole rings is 1. The zero-order valence-corrected chi connectivity index (χ0v) is 10.6. The zero-order chi connectivity index (χ0) is 13.7. The van der Waals surface area contributed by atoms with Crippen LogP contribution in [0.1, 0.15) is 0 Å². The molecule has 0 spiro atoms. The van der Waals surface area contributed by atoms with E-state index in [0.717, 1.165) is 11.3 Å².